The summed E-state index contributed by atoms with van der Waals surface area (Å²) in [6.07, 6.45) is 3.79. The van der Waals surface area contributed by atoms with E-state index < -0.39 is 0 Å². The third-order valence-corrected chi connectivity index (χ3v) is 4.77. The molecule has 0 aromatic heterocycles. The smallest absolute Gasteiger partial charge is 0.0167 e. The summed E-state index contributed by atoms with van der Waals surface area (Å²) in [7, 11) is 0. The van der Waals surface area contributed by atoms with Gasteiger partial charge in [-0.25, -0.2) is 0 Å². The number of hydrogen-bond acceptors (Lipinski definition) is 1. The first kappa shape index (κ1) is 12.6. The molecule has 1 nitrogen and oxygen atoms in total. The Morgan fingerprint density at radius 1 is 1.29 bits per heavy atom. The Labute approximate surface area is 106 Å². The first-order valence-electron chi connectivity index (χ1n) is 6.96. The van der Waals surface area contributed by atoms with Gasteiger partial charge in [-0.05, 0) is 42.7 Å². The van der Waals surface area contributed by atoms with Crippen LogP contribution in [0.25, 0.3) is 0 Å². The Hall–Kier alpha value is -0.820. The van der Waals surface area contributed by atoms with Gasteiger partial charge in [-0.1, -0.05) is 51.1 Å². The molecule has 1 aliphatic rings. The minimum absolute atomic E-state index is 0.496. The molecule has 0 saturated carbocycles. The normalized spacial score (nSPS) is 28.8. The molecule has 0 bridgehead atoms. The highest BCUT2D eigenvalue weighted by molar-refractivity contribution is 5.18. The largest absolute Gasteiger partial charge is 0.313 e. The van der Waals surface area contributed by atoms with Crippen molar-refractivity contribution in [1.29, 1.82) is 0 Å². The zero-order chi connectivity index (χ0) is 12.3. The Bertz CT molecular complexity index is 344. The van der Waals surface area contributed by atoms with E-state index in [0.29, 0.717) is 11.5 Å². The van der Waals surface area contributed by atoms with Crippen molar-refractivity contribution in [3.63, 3.8) is 0 Å². The lowest BCUT2D eigenvalue weighted by atomic mass is 9.68. The number of rotatable bonds is 4. The molecule has 17 heavy (non-hydrogen) atoms. The second-order valence-electron chi connectivity index (χ2n) is 5.69. The van der Waals surface area contributed by atoms with Gasteiger partial charge in [0.15, 0.2) is 0 Å². The first-order chi connectivity index (χ1) is 8.19. The second-order valence-corrected chi connectivity index (χ2v) is 5.69. The van der Waals surface area contributed by atoms with E-state index in [0.717, 1.165) is 5.92 Å². The average Bonchev–Trinajstić information content (AvgIpc) is 2.74. The van der Waals surface area contributed by atoms with Gasteiger partial charge in [0, 0.05) is 6.04 Å². The lowest BCUT2D eigenvalue weighted by Crippen LogP contribution is -2.41. The molecule has 1 heterocycles. The molecular formula is C16H25N. The molecule has 0 aliphatic carbocycles. The van der Waals surface area contributed by atoms with E-state index in [9.17, 15) is 0 Å². The standard InChI is InChI=1S/C16H25N/c1-4-16(13(2)3)10-11-17-15(16)12-14-8-6-5-7-9-14/h5-9,13,15,17H,4,10-12H2,1-3H3. The van der Waals surface area contributed by atoms with Gasteiger partial charge in [0.1, 0.15) is 0 Å². The Morgan fingerprint density at radius 3 is 2.59 bits per heavy atom. The van der Waals surface area contributed by atoms with Crippen molar-refractivity contribution in [1.82, 2.24) is 5.32 Å². The quantitative estimate of drug-likeness (QED) is 0.834. The van der Waals surface area contributed by atoms with Crippen LogP contribution in [0.3, 0.4) is 0 Å². The van der Waals surface area contributed by atoms with Crippen molar-refractivity contribution >= 4 is 0 Å². The Morgan fingerprint density at radius 2 is 2.00 bits per heavy atom. The van der Waals surface area contributed by atoms with Crippen LogP contribution >= 0.6 is 0 Å². The van der Waals surface area contributed by atoms with Crippen LogP contribution in [0.2, 0.25) is 0 Å². The molecule has 0 spiro atoms. The molecule has 1 aromatic carbocycles. The van der Waals surface area contributed by atoms with Crippen LogP contribution in [0.1, 0.15) is 39.2 Å². The van der Waals surface area contributed by atoms with Gasteiger partial charge in [0.05, 0.1) is 0 Å². The molecule has 94 valence electrons. The van der Waals surface area contributed by atoms with Gasteiger partial charge in [-0.2, -0.15) is 0 Å². The summed E-state index contributed by atoms with van der Waals surface area (Å²) in [6, 6.07) is 11.5. The number of hydrogen-bond donors (Lipinski definition) is 1. The van der Waals surface area contributed by atoms with E-state index in [1.165, 1.54) is 31.4 Å². The molecule has 1 N–H and O–H groups in total. The van der Waals surface area contributed by atoms with Crippen molar-refractivity contribution < 1.29 is 0 Å². The molecule has 0 radical (unpaired) electrons. The third kappa shape index (κ3) is 2.40. The van der Waals surface area contributed by atoms with Crippen LogP contribution in [-0.4, -0.2) is 12.6 Å². The molecule has 0 amide bonds. The van der Waals surface area contributed by atoms with E-state index >= 15 is 0 Å². The minimum atomic E-state index is 0.496. The number of nitrogens with one attached hydrogen (secondary N) is 1. The van der Waals surface area contributed by atoms with Gasteiger partial charge in [-0.15, -0.1) is 0 Å². The summed E-state index contributed by atoms with van der Waals surface area (Å²) in [5, 5.41) is 3.73. The lowest BCUT2D eigenvalue weighted by molar-refractivity contribution is 0.152. The maximum atomic E-state index is 3.73. The minimum Gasteiger partial charge on any atom is -0.313 e. The Kier molecular flexibility index (Phi) is 3.88. The predicted molar refractivity (Wildman–Crippen MR) is 74.1 cm³/mol. The molecule has 2 unspecified atom stereocenters. The van der Waals surface area contributed by atoms with Gasteiger partial charge in [0.2, 0.25) is 0 Å². The maximum Gasteiger partial charge on any atom is 0.0167 e. The van der Waals surface area contributed by atoms with Gasteiger partial charge in [0.25, 0.3) is 0 Å². The van der Waals surface area contributed by atoms with E-state index in [-0.39, 0.29) is 0 Å². The third-order valence-electron chi connectivity index (χ3n) is 4.77. The maximum absolute atomic E-state index is 3.73. The van der Waals surface area contributed by atoms with Crippen molar-refractivity contribution in [2.24, 2.45) is 11.3 Å². The molecule has 2 rings (SSSR count). The highest BCUT2D eigenvalue weighted by Crippen LogP contribution is 2.43. The average molecular weight is 231 g/mol. The SMILES string of the molecule is CCC1(C(C)C)CCNC1Cc1ccccc1. The van der Waals surface area contributed by atoms with Crippen molar-refractivity contribution in [3.8, 4) is 0 Å². The zero-order valence-electron chi connectivity index (χ0n) is 11.4. The monoisotopic (exact) mass is 231 g/mol. The lowest BCUT2D eigenvalue weighted by Gasteiger charge is -2.38. The van der Waals surface area contributed by atoms with E-state index in [2.05, 4.69) is 56.4 Å². The highest BCUT2D eigenvalue weighted by Gasteiger charge is 2.43. The summed E-state index contributed by atoms with van der Waals surface area (Å²) in [4.78, 5) is 0. The van der Waals surface area contributed by atoms with Gasteiger partial charge >= 0.3 is 0 Å². The van der Waals surface area contributed by atoms with E-state index in [1.807, 2.05) is 0 Å². The first-order valence-corrected chi connectivity index (χ1v) is 6.96. The summed E-state index contributed by atoms with van der Waals surface area (Å²) < 4.78 is 0. The summed E-state index contributed by atoms with van der Waals surface area (Å²) >= 11 is 0. The molecule has 1 heteroatoms. The van der Waals surface area contributed by atoms with Crippen LogP contribution in [0.5, 0.6) is 0 Å². The second kappa shape index (κ2) is 5.22. The molecule has 1 aromatic rings. The van der Waals surface area contributed by atoms with Crippen LogP contribution in [0, 0.1) is 11.3 Å². The van der Waals surface area contributed by atoms with Crippen molar-refractivity contribution in [2.75, 3.05) is 6.54 Å². The summed E-state index contributed by atoms with van der Waals surface area (Å²) in [5.41, 5.74) is 1.96. The predicted octanol–water partition coefficient (Wildman–Crippen LogP) is 3.64. The highest BCUT2D eigenvalue weighted by atomic mass is 15.0. The fourth-order valence-electron chi connectivity index (χ4n) is 3.50. The van der Waals surface area contributed by atoms with Crippen molar-refractivity contribution in [2.45, 2.75) is 46.1 Å². The topological polar surface area (TPSA) is 12.0 Å². The summed E-state index contributed by atoms with van der Waals surface area (Å²) in [6.45, 7) is 8.30. The molecule has 1 saturated heterocycles. The van der Waals surface area contributed by atoms with Crippen LogP contribution < -0.4 is 5.32 Å². The fourth-order valence-corrected chi connectivity index (χ4v) is 3.50. The van der Waals surface area contributed by atoms with E-state index in [4.69, 9.17) is 0 Å². The molecule has 2 atom stereocenters. The van der Waals surface area contributed by atoms with Crippen LogP contribution in [0.15, 0.2) is 30.3 Å². The molecule has 1 fully saturated rings. The van der Waals surface area contributed by atoms with Crippen molar-refractivity contribution in [3.05, 3.63) is 35.9 Å². The van der Waals surface area contributed by atoms with Gasteiger partial charge in [-0.3, -0.25) is 0 Å². The fraction of sp³-hybridized carbons (Fsp3) is 0.625. The zero-order valence-corrected chi connectivity index (χ0v) is 11.4. The van der Waals surface area contributed by atoms with E-state index in [1.54, 1.807) is 0 Å². The van der Waals surface area contributed by atoms with Crippen LogP contribution in [-0.2, 0) is 6.42 Å². The summed E-state index contributed by atoms with van der Waals surface area (Å²) in [5.74, 6) is 0.760. The number of benzene rings is 1. The van der Waals surface area contributed by atoms with Gasteiger partial charge < -0.3 is 5.32 Å². The molecule has 1 aliphatic heterocycles. The van der Waals surface area contributed by atoms with Crippen LogP contribution in [0.4, 0.5) is 0 Å². The molecular weight excluding hydrogens is 206 g/mol. The Balaban J connectivity index is 2.15.